The van der Waals surface area contributed by atoms with Gasteiger partial charge in [0.25, 0.3) is 0 Å². The molecule has 3 aliphatic carbocycles. The first-order valence-electron chi connectivity index (χ1n) is 5.00. The Balaban J connectivity index is 1.97. The Morgan fingerprint density at radius 1 is 1.27 bits per heavy atom. The molecular weight excluding hydrogens is 136 g/mol. The molecule has 0 aliphatic heterocycles. The fourth-order valence-corrected chi connectivity index (χ4v) is 3.99. The third-order valence-corrected chi connectivity index (χ3v) is 4.31. The number of fused-ring (bicyclic) bond motifs is 1. The van der Waals surface area contributed by atoms with E-state index in [1.807, 2.05) is 0 Å². The van der Waals surface area contributed by atoms with Gasteiger partial charge < -0.3 is 5.11 Å². The first-order chi connectivity index (χ1) is 5.28. The highest BCUT2D eigenvalue weighted by Crippen LogP contribution is 2.59. The first-order valence-corrected chi connectivity index (χ1v) is 5.00. The molecular formula is C10H16O. The van der Waals surface area contributed by atoms with Gasteiger partial charge in [0.05, 0.1) is 5.60 Å². The summed E-state index contributed by atoms with van der Waals surface area (Å²) in [6.07, 6.45) is 7.71. The van der Waals surface area contributed by atoms with Crippen LogP contribution in [0.3, 0.4) is 0 Å². The van der Waals surface area contributed by atoms with E-state index in [0.717, 1.165) is 24.7 Å². The second-order valence-corrected chi connectivity index (χ2v) is 4.90. The third kappa shape index (κ3) is 0.703. The molecule has 3 rings (SSSR count). The van der Waals surface area contributed by atoms with Gasteiger partial charge in [0.15, 0.2) is 0 Å². The van der Waals surface area contributed by atoms with Gasteiger partial charge in [-0.1, -0.05) is 6.42 Å². The summed E-state index contributed by atoms with van der Waals surface area (Å²) >= 11 is 0. The van der Waals surface area contributed by atoms with E-state index in [2.05, 4.69) is 0 Å². The minimum absolute atomic E-state index is 0.189. The minimum atomic E-state index is -0.189. The van der Waals surface area contributed by atoms with Gasteiger partial charge in [-0.25, -0.2) is 0 Å². The predicted octanol–water partition coefficient (Wildman–Crippen LogP) is 1.95. The molecule has 1 heteroatoms. The van der Waals surface area contributed by atoms with Crippen LogP contribution in [0.5, 0.6) is 0 Å². The Morgan fingerprint density at radius 2 is 2.18 bits per heavy atom. The maximum Gasteiger partial charge on any atom is 0.0681 e. The lowest BCUT2D eigenvalue weighted by atomic mass is 9.68. The van der Waals surface area contributed by atoms with E-state index >= 15 is 0 Å². The van der Waals surface area contributed by atoms with E-state index in [0.29, 0.717) is 5.92 Å². The van der Waals surface area contributed by atoms with E-state index in [-0.39, 0.29) is 5.60 Å². The largest absolute Gasteiger partial charge is 0.390 e. The Morgan fingerprint density at radius 3 is 2.82 bits per heavy atom. The number of rotatable bonds is 0. The second kappa shape index (κ2) is 1.82. The van der Waals surface area contributed by atoms with Crippen molar-refractivity contribution in [3.63, 3.8) is 0 Å². The van der Waals surface area contributed by atoms with Gasteiger partial charge in [-0.15, -0.1) is 0 Å². The van der Waals surface area contributed by atoms with E-state index in [1.165, 1.54) is 25.7 Å². The van der Waals surface area contributed by atoms with Crippen LogP contribution in [0.15, 0.2) is 0 Å². The van der Waals surface area contributed by atoms with Crippen LogP contribution < -0.4 is 0 Å². The molecule has 62 valence electrons. The molecule has 0 saturated heterocycles. The van der Waals surface area contributed by atoms with Crippen LogP contribution in [-0.4, -0.2) is 10.7 Å². The highest BCUT2D eigenvalue weighted by molar-refractivity contribution is 5.07. The normalized spacial score (nSPS) is 60.3. The van der Waals surface area contributed by atoms with Crippen LogP contribution in [0.4, 0.5) is 0 Å². The lowest BCUT2D eigenvalue weighted by Gasteiger charge is -2.42. The van der Waals surface area contributed by atoms with E-state index < -0.39 is 0 Å². The van der Waals surface area contributed by atoms with Gasteiger partial charge >= 0.3 is 0 Å². The van der Waals surface area contributed by atoms with Crippen molar-refractivity contribution in [2.75, 3.05) is 0 Å². The molecule has 3 aliphatic rings. The first kappa shape index (κ1) is 6.47. The van der Waals surface area contributed by atoms with Crippen molar-refractivity contribution in [3.05, 3.63) is 0 Å². The van der Waals surface area contributed by atoms with Crippen LogP contribution in [0, 0.1) is 17.8 Å². The SMILES string of the molecule is OC12CCCC3CC(CC31)C2. The average molecular weight is 152 g/mol. The van der Waals surface area contributed by atoms with Crippen LogP contribution in [0.1, 0.15) is 38.5 Å². The molecule has 0 heterocycles. The smallest absolute Gasteiger partial charge is 0.0681 e. The zero-order chi connectivity index (χ0) is 7.47. The maximum absolute atomic E-state index is 10.2. The Hall–Kier alpha value is -0.0400. The van der Waals surface area contributed by atoms with Gasteiger partial charge in [0.2, 0.25) is 0 Å². The molecule has 0 aromatic rings. The topological polar surface area (TPSA) is 20.2 Å². The molecule has 0 radical (unpaired) electrons. The van der Waals surface area contributed by atoms with E-state index in [4.69, 9.17) is 0 Å². The zero-order valence-corrected chi connectivity index (χ0v) is 6.92. The van der Waals surface area contributed by atoms with Crippen molar-refractivity contribution in [2.45, 2.75) is 44.1 Å². The molecule has 4 atom stereocenters. The third-order valence-electron chi connectivity index (χ3n) is 4.31. The number of aliphatic hydroxyl groups is 1. The highest BCUT2D eigenvalue weighted by Gasteiger charge is 2.55. The van der Waals surface area contributed by atoms with E-state index in [1.54, 1.807) is 0 Å². The maximum atomic E-state index is 10.2. The monoisotopic (exact) mass is 152 g/mol. The molecule has 0 amide bonds. The summed E-state index contributed by atoms with van der Waals surface area (Å²) in [7, 11) is 0. The predicted molar refractivity (Wildman–Crippen MR) is 43.1 cm³/mol. The second-order valence-electron chi connectivity index (χ2n) is 4.90. The standard InChI is InChI=1S/C10H16O/c11-10-3-1-2-8-4-7(6-10)5-9(8)10/h7-9,11H,1-6H2. The molecule has 0 aromatic carbocycles. The quantitative estimate of drug-likeness (QED) is 0.562. The van der Waals surface area contributed by atoms with Crippen molar-refractivity contribution >= 4 is 0 Å². The lowest BCUT2D eigenvalue weighted by molar-refractivity contribution is -0.0666. The molecule has 4 unspecified atom stereocenters. The molecule has 0 aromatic heterocycles. The van der Waals surface area contributed by atoms with Crippen LogP contribution in [0.25, 0.3) is 0 Å². The fourth-order valence-electron chi connectivity index (χ4n) is 3.99. The van der Waals surface area contributed by atoms with Crippen molar-refractivity contribution < 1.29 is 5.11 Å². The summed E-state index contributed by atoms with van der Waals surface area (Å²) in [5.41, 5.74) is -0.189. The Kier molecular flexibility index (Phi) is 1.07. The van der Waals surface area contributed by atoms with Crippen LogP contribution in [-0.2, 0) is 0 Å². The molecule has 0 spiro atoms. The average Bonchev–Trinajstić information content (AvgIpc) is 2.40. The Labute approximate surface area is 67.8 Å². The summed E-state index contributed by atoms with van der Waals surface area (Å²) in [6, 6.07) is 0. The van der Waals surface area contributed by atoms with Gasteiger partial charge in [-0.2, -0.15) is 0 Å². The van der Waals surface area contributed by atoms with Crippen molar-refractivity contribution in [1.29, 1.82) is 0 Å². The molecule has 1 N–H and O–H groups in total. The minimum Gasteiger partial charge on any atom is -0.390 e. The summed E-state index contributed by atoms with van der Waals surface area (Å²) < 4.78 is 0. The van der Waals surface area contributed by atoms with Gasteiger partial charge in [0, 0.05) is 0 Å². The molecule has 3 fully saturated rings. The molecule has 3 saturated carbocycles. The van der Waals surface area contributed by atoms with Crippen molar-refractivity contribution in [1.82, 2.24) is 0 Å². The summed E-state index contributed by atoms with van der Waals surface area (Å²) in [5.74, 6) is 2.52. The summed E-state index contributed by atoms with van der Waals surface area (Å²) in [6.45, 7) is 0. The Bertz CT molecular complexity index is 189. The van der Waals surface area contributed by atoms with Gasteiger partial charge in [-0.05, 0) is 49.9 Å². The lowest BCUT2D eigenvalue weighted by Crippen LogP contribution is -2.42. The molecule has 2 bridgehead atoms. The molecule has 11 heavy (non-hydrogen) atoms. The van der Waals surface area contributed by atoms with Gasteiger partial charge in [0.1, 0.15) is 0 Å². The van der Waals surface area contributed by atoms with Gasteiger partial charge in [-0.3, -0.25) is 0 Å². The number of hydrogen-bond acceptors (Lipinski definition) is 1. The zero-order valence-electron chi connectivity index (χ0n) is 6.92. The molecule has 1 nitrogen and oxygen atoms in total. The fraction of sp³-hybridized carbons (Fsp3) is 1.00. The van der Waals surface area contributed by atoms with Crippen LogP contribution >= 0.6 is 0 Å². The summed E-state index contributed by atoms with van der Waals surface area (Å²) in [5, 5.41) is 10.2. The summed E-state index contributed by atoms with van der Waals surface area (Å²) in [4.78, 5) is 0. The van der Waals surface area contributed by atoms with Crippen molar-refractivity contribution in [2.24, 2.45) is 17.8 Å². The van der Waals surface area contributed by atoms with Crippen LogP contribution in [0.2, 0.25) is 0 Å². The number of hydrogen-bond donors (Lipinski definition) is 1. The van der Waals surface area contributed by atoms with E-state index in [9.17, 15) is 5.11 Å². The van der Waals surface area contributed by atoms with Crippen molar-refractivity contribution in [3.8, 4) is 0 Å². The highest BCUT2D eigenvalue weighted by atomic mass is 16.3.